The zero-order valence-corrected chi connectivity index (χ0v) is 18.1. The summed E-state index contributed by atoms with van der Waals surface area (Å²) in [4.78, 5) is 14.4. The highest BCUT2D eigenvalue weighted by Gasteiger charge is 2.28. The lowest BCUT2D eigenvalue weighted by molar-refractivity contribution is 0.0675. The SMILES string of the molecule is O=C(c1ccc(COc2ccc(F)cc2)o1)N1CCC(NS(=O)(=O)c2cccs2)CC1. The molecule has 0 atom stereocenters. The minimum absolute atomic E-state index is 0.117. The minimum Gasteiger partial charge on any atom is -0.486 e. The summed E-state index contributed by atoms with van der Waals surface area (Å²) < 4.78 is 51.8. The number of benzene rings is 1. The summed E-state index contributed by atoms with van der Waals surface area (Å²) >= 11 is 1.17. The van der Waals surface area contributed by atoms with Crippen molar-refractivity contribution in [2.45, 2.75) is 29.7 Å². The van der Waals surface area contributed by atoms with Crippen LogP contribution in [-0.4, -0.2) is 38.4 Å². The van der Waals surface area contributed by atoms with Crippen molar-refractivity contribution in [3.05, 3.63) is 71.2 Å². The summed E-state index contributed by atoms with van der Waals surface area (Å²) in [5.74, 6) is 0.591. The predicted molar refractivity (Wildman–Crippen MR) is 113 cm³/mol. The molecule has 1 N–H and O–H groups in total. The highest BCUT2D eigenvalue weighted by Crippen LogP contribution is 2.21. The van der Waals surface area contributed by atoms with Crippen LogP contribution < -0.4 is 9.46 Å². The molecular weight excluding hydrogens is 443 g/mol. The van der Waals surface area contributed by atoms with Gasteiger partial charge in [0.05, 0.1) is 0 Å². The number of hydrogen-bond donors (Lipinski definition) is 1. The van der Waals surface area contributed by atoms with Gasteiger partial charge in [-0.1, -0.05) is 6.07 Å². The Bertz CT molecular complexity index is 1120. The topological polar surface area (TPSA) is 88.8 Å². The van der Waals surface area contributed by atoms with Crippen LogP contribution in [-0.2, 0) is 16.6 Å². The molecule has 3 aromatic rings. The van der Waals surface area contributed by atoms with Crippen molar-refractivity contribution >= 4 is 27.3 Å². The maximum Gasteiger partial charge on any atom is 0.289 e. The standard InChI is InChI=1S/C21H21FN2O5S2/c22-15-3-5-17(6-4-15)28-14-18-7-8-19(29-18)21(25)24-11-9-16(10-12-24)23-31(26,27)20-2-1-13-30-20/h1-8,13,16,23H,9-12,14H2. The van der Waals surface area contributed by atoms with Gasteiger partial charge < -0.3 is 14.1 Å². The van der Waals surface area contributed by atoms with E-state index in [2.05, 4.69) is 4.72 Å². The molecule has 31 heavy (non-hydrogen) atoms. The van der Waals surface area contributed by atoms with Crippen LogP contribution in [0.15, 0.2) is 62.5 Å². The van der Waals surface area contributed by atoms with Crippen LogP contribution in [0.5, 0.6) is 5.75 Å². The highest BCUT2D eigenvalue weighted by atomic mass is 32.2. The van der Waals surface area contributed by atoms with Gasteiger partial charge in [0.1, 0.15) is 28.1 Å². The predicted octanol–water partition coefficient (Wildman–Crippen LogP) is 3.64. The van der Waals surface area contributed by atoms with Gasteiger partial charge in [-0.2, -0.15) is 0 Å². The average molecular weight is 465 g/mol. The Morgan fingerprint density at radius 1 is 1.16 bits per heavy atom. The largest absolute Gasteiger partial charge is 0.486 e. The highest BCUT2D eigenvalue weighted by molar-refractivity contribution is 7.91. The number of halogens is 1. The van der Waals surface area contributed by atoms with Crippen LogP contribution in [0.3, 0.4) is 0 Å². The smallest absolute Gasteiger partial charge is 0.289 e. The number of ether oxygens (including phenoxy) is 1. The number of piperidine rings is 1. The van der Waals surface area contributed by atoms with E-state index in [0.717, 1.165) is 0 Å². The van der Waals surface area contributed by atoms with Crippen LogP contribution in [0.1, 0.15) is 29.2 Å². The first-order chi connectivity index (χ1) is 14.9. The van der Waals surface area contributed by atoms with Gasteiger partial charge in [-0.3, -0.25) is 4.79 Å². The number of carbonyl (C=O) groups excluding carboxylic acids is 1. The zero-order valence-electron chi connectivity index (χ0n) is 16.5. The summed E-state index contributed by atoms with van der Waals surface area (Å²) in [6, 6.07) is 11.9. The number of sulfonamides is 1. The third-order valence-electron chi connectivity index (χ3n) is 4.93. The molecular formula is C21H21FN2O5S2. The third-order valence-corrected chi connectivity index (χ3v) is 7.85. The van der Waals surface area contributed by atoms with E-state index in [0.29, 0.717) is 37.4 Å². The Labute approximate surface area is 183 Å². The molecule has 0 radical (unpaired) electrons. The number of likely N-dealkylation sites (tertiary alicyclic amines) is 1. The quantitative estimate of drug-likeness (QED) is 0.577. The summed E-state index contributed by atoms with van der Waals surface area (Å²) in [5, 5.41) is 1.72. The number of nitrogens with one attached hydrogen (secondary N) is 1. The van der Waals surface area contributed by atoms with Crippen LogP contribution in [0.25, 0.3) is 0 Å². The summed E-state index contributed by atoms with van der Waals surface area (Å²) in [6.07, 6.45) is 1.05. The number of hydrogen-bond acceptors (Lipinski definition) is 6. The van der Waals surface area contributed by atoms with Crippen LogP contribution >= 0.6 is 11.3 Å². The maximum atomic E-state index is 12.9. The molecule has 2 aromatic heterocycles. The molecule has 10 heteroatoms. The molecule has 1 aliphatic rings. The molecule has 0 saturated carbocycles. The molecule has 0 spiro atoms. The Kier molecular flexibility index (Phi) is 6.40. The molecule has 3 heterocycles. The molecule has 7 nitrogen and oxygen atoms in total. The van der Waals surface area contributed by atoms with Crippen LogP contribution in [0.4, 0.5) is 4.39 Å². The van der Waals surface area contributed by atoms with Crippen molar-refractivity contribution < 1.29 is 26.8 Å². The molecule has 1 aliphatic heterocycles. The van der Waals surface area contributed by atoms with Gasteiger partial charge in [0.25, 0.3) is 5.91 Å². The molecule has 1 saturated heterocycles. The van der Waals surface area contributed by atoms with Gasteiger partial charge in [-0.15, -0.1) is 11.3 Å². The lowest BCUT2D eigenvalue weighted by Gasteiger charge is -2.31. The molecule has 0 aliphatic carbocycles. The Morgan fingerprint density at radius 2 is 1.90 bits per heavy atom. The first-order valence-corrected chi connectivity index (χ1v) is 12.1. The Hall–Kier alpha value is -2.69. The van der Waals surface area contributed by atoms with Crippen molar-refractivity contribution in [3.63, 3.8) is 0 Å². The lowest BCUT2D eigenvalue weighted by Crippen LogP contribution is -2.46. The second-order valence-electron chi connectivity index (χ2n) is 7.13. The number of rotatable bonds is 7. The fourth-order valence-electron chi connectivity index (χ4n) is 3.31. The fraction of sp³-hybridized carbons (Fsp3) is 0.286. The lowest BCUT2D eigenvalue weighted by atomic mass is 10.1. The van der Waals surface area contributed by atoms with E-state index in [9.17, 15) is 17.6 Å². The molecule has 4 rings (SSSR count). The van der Waals surface area contributed by atoms with E-state index in [1.807, 2.05) is 0 Å². The van der Waals surface area contributed by atoms with E-state index in [1.165, 1.54) is 35.6 Å². The van der Waals surface area contributed by atoms with E-state index >= 15 is 0 Å². The van der Waals surface area contributed by atoms with Gasteiger partial charge in [0.15, 0.2) is 5.76 Å². The minimum atomic E-state index is -3.52. The normalized spacial score (nSPS) is 15.2. The molecule has 0 bridgehead atoms. The number of amides is 1. The molecule has 1 aromatic carbocycles. The average Bonchev–Trinajstić information content (AvgIpc) is 3.46. The van der Waals surface area contributed by atoms with Gasteiger partial charge in [0.2, 0.25) is 10.0 Å². The number of furan rings is 1. The maximum absolute atomic E-state index is 12.9. The molecule has 164 valence electrons. The van der Waals surface area contributed by atoms with Crippen molar-refractivity contribution in [2.24, 2.45) is 0 Å². The summed E-state index contributed by atoms with van der Waals surface area (Å²) in [6.45, 7) is 0.975. The zero-order chi connectivity index (χ0) is 21.8. The third kappa shape index (κ3) is 5.33. The van der Waals surface area contributed by atoms with E-state index < -0.39 is 10.0 Å². The van der Waals surface area contributed by atoms with Crippen LogP contribution in [0.2, 0.25) is 0 Å². The first-order valence-electron chi connectivity index (χ1n) is 9.73. The van der Waals surface area contributed by atoms with E-state index in [-0.39, 0.29) is 34.3 Å². The second-order valence-corrected chi connectivity index (χ2v) is 10.0. The van der Waals surface area contributed by atoms with Crippen molar-refractivity contribution in [3.8, 4) is 5.75 Å². The van der Waals surface area contributed by atoms with Gasteiger partial charge >= 0.3 is 0 Å². The first kappa shape index (κ1) is 21.5. The second kappa shape index (κ2) is 9.21. The number of nitrogens with zero attached hydrogens (tertiary/aromatic N) is 1. The molecule has 1 fully saturated rings. The Balaban J connectivity index is 1.28. The van der Waals surface area contributed by atoms with E-state index in [4.69, 9.17) is 9.15 Å². The Morgan fingerprint density at radius 3 is 2.58 bits per heavy atom. The number of thiophene rings is 1. The van der Waals surface area contributed by atoms with Gasteiger partial charge in [-0.05, 0) is 60.7 Å². The molecule has 1 amide bonds. The van der Waals surface area contributed by atoms with Crippen molar-refractivity contribution in [2.75, 3.05) is 13.1 Å². The number of carbonyl (C=O) groups is 1. The molecule has 0 unspecified atom stereocenters. The van der Waals surface area contributed by atoms with Gasteiger partial charge in [0, 0.05) is 19.1 Å². The van der Waals surface area contributed by atoms with E-state index in [1.54, 1.807) is 34.5 Å². The van der Waals surface area contributed by atoms with Crippen LogP contribution in [0, 0.1) is 5.82 Å². The van der Waals surface area contributed by atoms with Gasteiger partial charge in [-0.25, -0.2) is 17.5 Å². The summed E-state index contributed by atoms with van der Waals surface area (Å²) in [5.41, 5.74) is 0. The van der Waals surface area contributed by atoms with Crippen molar-refractivity contribution in [1.29, 1.82) is 0 Å². The fourth-order valence-corrected chi connectivity index (χ4v) is 5.62. The summed E-state index contributed by atoms with van der Waals surface area (Å²) in [7, 11) is -3.52. The monoisotopic (exact) mass is 464 g/mol. The van der Waals surface area contributed by atoms with Crippen molar-refractivity contribution in [1.82, 2.24) is 9.62 Å².